The van der Waals surface area contributed by atoms with Crippen LogP contribution in [-0.4, -0.2) is 0 Å². The summed E-state index contributed by atoms with van der Waals surface area (Å²) in [7, 11) is 0. The first-order chi connectivity index (χ1) is 21.5. The molecule has 0 unspecified atom stereocenters. The average Bonchev–Trinajstić information content (AvgIpc) is 3.42. The van der Waals surface area contributed by atoms with Gasteiger partial charge in [-0.25, -0.2) is 0 Å². The molecule has 0 aliphatic carbocycles. The van der Waals surface area contributed by atoms with Gasteiger partial charge in [-0.15, -0.1) is 11.3 Å². The molecule has 1 heterocycles. The molecule has 0 spiro atoms. The van der Waals surface area contributed by atoms with Crippen LogP contribution in [0, 0.1) is 0 Å². The summed E-state index contributed by atoms with van der Waals surface area (Å²) in [6.45, 7) is 0. The Balaban J connectivity index is 1.16. The topological polar surface area (TPSA) is 0 Å². The number of halogens is 6. The van der Waals surface area contributed by atoms with E-state index in [1.165, 1.54) is 20.2 Å². The van der Waals surface area contributed by atoms with E-state index in [9.17, 15) is 26.3 Å². The molecule has 0 atom stereocenters. The zero-order valence-electron chi connectivity index (χ0n) is 23.4. The lowest BCUT2D eigenvalue weighted by Crippen LogP contribution is -2.11. The zero-order chi connectivity index (χ0) is 31.3. The summed E-state index contributed by atoms with van der Waals surface area (Å²) in [6.07, 6.45) is -9.80. The van der Waals surface area contributed by atoms with E-state index in [4.69, 9.17) is 0 Å². The van der Waals surface area contributed by atoms with Crippen molar-refractivity contribution in [2.75, 3.05) is 0 Å². The van der Waals surface area contributed by atoms with E-state index in [0.29, 0.717) is 0 Å². The monoisotopic (exact) mass is 624 g/mol. The second-order valence-electron chi connectivity index (χ2n) is 10.8. The second-order valence-corrected chi connectivity index (χ2v) is 11.9. The van der Waals surface area contributed by atoms with E-state index in [0.717, 1.165) is 45.5 Å². The van der Waals surface area contributed by atoms with Crippen LogP contribution in [-0.2, 0) is 12.4 Å². The maximum absolute atomic E-state index is 13.4. The van der Waals surface area contributed by atoms with Gasteiger partial charge in [0.25, 0.3) is 0 Å². The molecule has 0 saturated carbocycles. The minimum absolute atomic E-state index is 0.139. The molecule has 0 nitrogen and oxygen atoms in total. The standard InChI is InChI=1S/C38H22F6S/c39-37(40,41)31-19-30(20-32(22-31)38(42,43)44)26-14-12-24(13-15-26)28-5-3-4-27(18-28)23-8-10-25(11-9-23)29-16-17-36-34(21-29)33-6-1-2-7-35(33)45-36/h1-22H. The Bertz CT molecular complexity index is 2140. The van der Waals surface area contributed by atoms with E-state index in [1.807, 2.05) is 24.3 Å². The molecular formula is C38H22F6S. The van der Waals surface area contributed by atoms with Gasteiger partial charge in [-0.05, 0) is 87.0 Å². The van der Waals surface area contributed by atoms with Gasteiger partial charge in [0.1, 0.15) is 0 Å². The summed E-state index contributed by atoms with van der Waals surface area (Å²) in [5.74, 6) is 0. The van der Waals surface area contributed by atoms with Gasteiger partial charge >= 0.3 is 12.4 Å². The SMILES string of the molecule is FC(F)(F)c1cc(-c2ccc(-c3cccc(-c4ccc(-c5ccc6sc7ccccc7c6c5)cc4)c3)cc2)cc(C(F)(F)F)c1. The smallest absolute Gasteiger partial charge is 0.166 e. The first-order valence-electron chi connectivity index (χ1n) is 14.1. The van der Waals surface area contributed by atoms with Gasteiger partial charge in [0.15, 0.2) is 0 Å². The third-order valence-electron chi connectivity index (χ3n) is 7.93. The van der Waals surface area contributed by atoms with Crippen molar-refractivity contribution < 1.29 is 26.3 Å². The molecular weight excluding hydrogens is 602 g/mol. The van der Waals surface area contributed by atoms with Crippen molar-refractivity contribution in [3.63, 3.8) is 0 Å². The summed E-state index contributed by atoms with van der Waals surface area (Å²) in [6, 6.07) is 39.2. The van der Waals surface area contributed by atoms with Crippen LogP contribution >= 0.6 is 11.3 Å². The molecule has 0 aliphatic heterocycles. The van der Waals surface area contributed by atoms with Crippen LogP contribution in [0.1, 0.15) is 11.1 Å². The van der Waals surface area contributed by atoms with Gasteiger partial charge in [0.05, 0.1) is 11.1 Å². The molecule has 0 aliphatic rings. The summed E-state index contributed by atoms with van der Waals surface area (Å²) in [5.41, 5.74) is 3.33. The normalized spacial score (nSPS) is 12.2. The fraction of sp³-hybridized carbons (Fsp3) is 0.0526. The predicted octanol–water partition coefficient (Wildman–Crippen LogP) is 12.8. The fourth-order valence-electron chi connectivity index (χ4n) is 5.62. The highest BCUT2D eigenvalue weighted by molar-refractivity contribution is 7.25. The molecule has 6 aromatic carbocycles. The van der Waals surface area contributed by atoms with E-state index < -0.39 is 23.5 Å². The molecule has 0 saturated heterocycles. The lowest BCUT2D eigenvalue weighted by molar-refractivity contribution is -0.143. The van der Waals surface area contributed by atoms with Crippen molar-refractivity contribution in [2.45, 2.75) is 12.4 Å². The largest absolute Gasteiger partial charge is 0.416 e. The predicted molar refractivity (Wildman–Crippen MR) is 171 cm³/mol. The number of hydrogen-bond acceptors (Lipinski definition) is 1. The third kappa shape index (κ3) is 5.71. The van der Waals surface area contributed by atoms with Crippen molar-refractivity contribution in [1.82, 2.24) is 0 Å². The Kier molecular flexibility index (Phi) is 7.01. The Morgan fingerprint density at radius 2 is 0.778 bits per heavy atom. The average molecular weight is 625 g/mol. The first-order valence-corrected chi connectivity index (χ1v) is 14.9. The van der Waals surface area contributed by atoms with Gasteiger partial charge in [-0.2, -0.15) is 26.3 Å². The Morgan fingerprint density at radius 1 is 0.333 bits per heavy atom. The van der Waals surface area contributed by atoms with Gasteiger partial charge in [-0.3, -0.25) is 0 Å². The number of benzene rings is 6. The van der Waals surface area contributed by atoms with Crippen LogP contribution in [0.2, 0.25) is 0 Å². The van der Waals surface area contributed by atoms with Crippen molar-refractivity contribution in [3.8, 4) is 44.5 Å². The van der Waals surface area contributed by atoms with Crippen LogP contribution in [0.3, 0.4) is 0 Å². The quantitative estimate of drug-likeness (QED) is 0.171. The summed E-state index contributed by atoms with van der Waals surface area (Å²) >= 11 is 1.79. The molecule has 0 N–H and O–H groups in total. The molecule has 7 aromatic rings. The molecule has 1 aromatic heterocycles. The number of rotatable bonds is 4. The molecule has 222 valence electrons. The molecule has 45 heavy (non-hydrogen) atoms. The Labute approximate surface area is 258 Å². The molecule has 7 heteroatoms. The Hall–Kier alpha value is -4.88. The number of fused-ring (bicyclic) bond motifs is 3. The maximum atomic E-state index is 13.4. The fourth-order valence-corrected chi connectivity index (χ4v) is 6.70. The highest BCUT2D eigenvalue weighted by Gasteiger charge is 2.37. The lowest BCUT2D eigenvalue weighted by Gasteiger charge is -2.14. The van der Waals surface area contributed by atoms with Crippen LogP contribution in [0.15, 0.2) is 133 Å². The molecule has 0 amide bonds. The first kappa shape index (κ1) is 28.9. The number of alkyl halides is 6. The second kappa shape index (κ2) is 10.9. The van der Waals surface area contributed by atoms with E-state index in [1.54, 1.807) is 35.6 Å². The molecule has 0 radical (unpaired) electrons. The van der Waals surface area contributed by atoms with Gasteiger partial charge in [0, 0.05) is 20.2 Å². The molecule has 0 bridgehead atoms. The number of hydrogen-bond donors (Lipinski definition) is 0. The van der Waals surface area contributed by atoms with Crippen molar-refractivity contribution >= 4 is 31.5 Å². The van der Waals surface area contributed by atoms with Crippen LogP contribution < -0.4 is 0 Å². The lowest BCUT2D eigenvalue weighted by atomic mass is 9.95. The van der Waals surface area contributed by atoms with Crippen LogP contribution in [0.4, 0.5) is 26.3 Å². The zero-order valence-corrected chi connectivity index (χ0v) is 24.2. The van der Waals surface area contributed by atoms with Crippen LogP contribution in [0.5, 0.6) is 0 Å². The van der Waals surface area contributed by atoms with E-state index >= 15 is 0 Å². The molecule has 0 fully saturated rings. The van der Waals surface area contributed by atoms with Gasteiger partial charge < -0.3 is 0 Å². The minimum Gasteiger partial charge on any atom is -0.166 e. The summed E-state index contributed by atoms with van der Waals surface area (Å²) in [5, 5.41) is 2.49. The van der Waals surface area contributed by atoms with Crippen molar-refractivity contribution in [3.05, 3.63) is 145 Å². The minimum atomic E-state index is -4.90. The Morgan fingerprint density at radius 3 is 1.31 bits per heavy atom. The third-order valence-corrected chi connectivity index (χ3v) is 9.08. The maximum Gasteiger partial charge on any atom is 0.416 e. The molecule has 7 rings (SSSR count). The van der Waals surface area contributed by atoms with Crippen molar-refractivity contribution in [1.29, 1.82) is 0 Å². The van der Waals surface area contributed by atoms with Crippen molar-refractivity contribution in [2.24, 2.45) is 0 Å². The van der Waals surface area contributed by atoms with E-state index in [-0.39, 0.29) is 17.2 Å². The van der Waals surface area contributed by atoms with Crippen LogP contribution in [0.25, 0.3) is 64.7 Å². The number of thiophene rings is 1. The van der Waals surface area contributed by atoms with Gasteiger partial charge in [-0.1, -0.05) is 91.0 Å². The van der Waals surface area contributed by atoms with E-state index in [2.05, 4.69) is 66.7 Å². The highest BCUT2D eigenvalue weighted by atomic mass is 32.1. The summed E-state index contributed by atoms with van der Waals surface area (Å²) < 4.78 is 82.6. The summed E-state index contributed by atoms with van der Waals surface area (Å²) in [4.78, 5) is 0. The van der Waals surface area contributed by atoms with Gasteiger partial charge in [0.2, 0.25) is 0 Å². The highest BCUT2D eigenvalue weighted by Crippen LogP contribution is 2.40.